The number of methoxy groups -OCH3 is 1. The van der Waals surface area contributed by atoms with Gasteiger partial charge in [0.05, 0.1) is 17.9 Å². The SMILES string of the molecule is CNCCN(C)Cc1c[nH]nc1-c1cc(C(F)(F)F)cc(OCCOC)c1C. The Kier molecular flexibility index (Phi) is 7.85. The average molecular weight is 400 g/mol. The van der Waals surface area contributed by atoms with Gasteiger partial charge in [0.15, 0.2) is 0 Å². The number of rotatable bonds is 10. The van der Waals surface area contributed by atoms with Gasteiger partial charge in [-0.1, -0.05) is 0 Å². The Morgan fingerprint density at radius 2 is 2.00 bits per heavy atom. The van der Waals surface area contributed by atoms with Crippen molar-refractivity contribution in [3.8, 4) is 17.0 Å². The van der Waals surface area contributed by atoms with Crippen molar-refractivity contribution in [3.05, 3.63) is 35.0 Å². The van der Waals surface area contributed by atoms with Crippen LogP contribution < -0.4 is 10.1 Å². The minimum Gasteiger partial charge on any atom is -0.491 e. The van der Waals surface area contributed by atoms with E-state index in [-0.39, 0.29) is 19.0 Å². The van der Waals surface area contributed by atoms with Crippen molar-refractivity contribution in [1.82, 2.24) is 20.4 Å². The van der Waals surface area contributed by atoms with Crippen LogP contribution in [0.25, 0.3) is 11.3 Å². The van der Waals surface area contributed by atoms with E-state index in [1.165, 1.54) is 7.11 Å². The maximum absolute atomic E-state index is 13.4. The molecule has 0 atom stereocenters. The highest BCUT2D eigenvalue weighted by Gasteiger charge is 2.33. The van der Waals surface area contributed by atoms with Crippen molar-refractivity contribution < 1.29 is 22.6 Å². The third-order valence-electron chi connectivity index (χ3n) is 4.39. The Morgan fingerprint density at radius 1 is 1.25 bits per heavy atom. The Balaban J connectivity index is 2.41. The maximum Gasteiger partial charge on any atom is 0.416 e. The molecule has 9 heteroatoms. The summed E-state index contributed by atoms with van der Waals surface area (Å²) in [5.74, 6) is 0.180. The van der Waals surface area contributed by atoms with Gasteiger partial charge in [0, 0.05) is 49.6 Å². The fraction of sp³-hybridized carbons (Fsp3) is 0.526. The molecule has 156 valence electrons. The molecule has 0 spiro atoms. The maximum atomic E-state index is 13.4. The van der Waals surface area contributed by atoms with Gasteiger partial charge in [-0.25, -0.2) is 0 Å². The summed E-state index contributed by atoms with van der Waals surface area (Å²) in [7, 11) is 5.33. The van der Waals surface area contributed by atoms with Crippen molar-refractivity contribution >= 4 is 0 Å². The van der Waals surface area contributed by atoms with Gasteiger partial charge in [-0.15, -0.1) is 0 Å². The molecular weight excluding hydrogens is 373 g/mol. The van der Waals surface area contributed by atoms with E-state index in [2.05, 4.69) is 20.4 Å². The van der Waals surface area contributed by atoms with Gasteiger partial charge in [0.25, 0.3) is 0 Å². The molecule has 0 radical (unpaired) electrons. The third kappa shape index (κ3) is 5.70. The van der Waals surface area contributed by atoms with Crippen LogP contribution in [0.4, 0.5) is 13.2 Å². The van der Waals surface area contributed by atoms with E-state index >= 15 is 0 Å². The number of halogens is 3. The van der Waals surface area contributed by atoms with Crippen molar-refractivity contribution in [2.24, 2.45) is 0 Å². The number of nitrogens with one attached hydrogen (secondary N) is 2. The molecule has 0 aliphatic heterocycles. The highest BCUT2D eigenvalue weighted by Crippen LogP contribution is 2.39. The molecule has 0 aliphatic rings. The van der Waals surface area contributed by atoms with Crippen LogP contribution in [-0.2, 0) is 17.5 Å². The van der Waals surface area contributed by atoms with E-state index in [0.29, 0.717) is 23.4 Å². The first-order chi connectivity index (χ1) is 13.3. The number of benzene rings is 1. The lowest BCUT2D eigenvalue weighted by Gasteiger charge is -2.18. The number of nitrogens with zero attached hydrogens (tertiary/aromatic N) is 2. The number of aromatic amines is 1. The van der Waals surface area contributed by atoms with Gasteiger partial charge in [-0.05, 0) is 33.2 Å². The number of H-pyrrole nitrogens is 1. The standard InChI is InChI=1S/C19H27F3N4O2/c1-13-16(18-14(11-24-25-18)12-26(3)6-5-23-2)9-15(19(20,21)22)10-17(13)28-8-7-27-4/h9-11,23H,5-8,12H2,1-4H3,(H,24,25). The zero-order chi connectivity index (χ0) is 20.7. The van der Waals surface area contributed by atoms with Crippen LogP contribution in [-0.4, -0.2) is 62.6 Å². The van der Waals surface area contributed by atoms with E-state index < -0.39 is 11.7 Å². The van der Waals surface area contributed by atoms with Gasteiger partial charge >= 0.3 is 6.18 Å². The van der Waals surface area contributed by atoms with E-state index in [4.69, 9.17) is 9.47 Å². The smallest absolute Gasteiger partial charge is 0.416 e. The van der Waals surface area contributed by atoms with Gasteiger partial charge in [-0.3, -0.25) is 5.10 Å². The fourth-order valence-corrected chi connectivity index (χ4v) is 2.82. The minimum atomic E-state index is -4.48. The summed E-state index contributed by atoms with van der Waals surface area (Å²) >= 11 is 0. The molecule has 0 bridgehead atoms. The van der Waals surface area contributed by atoms with Crippen molar-refractivity contribution in [3.63, 3.8) is 0 Å². The van der Waals surface area contributed by atoms with Gasteiger partial charge in [-0.2, -0.15) is 18.3 Å². The van der Waals surface area contributed by atoms with Gasteiger partial charge in [0.1, 0.15) is 12.4 Å². The molecule has 0 saturated heterocycles. The Bertz CT molecular complexity index is 762. The van der Waals surface area contributed by atoms with E-state index in [0.717, 1.165) is 30.8 Å². The Labute approximate surface area is 163 Å². The summed E-state index contributed by atoms with van der Waals surface area (Å²) in [6, 6.07) is 2.16. The molecular formula is C19H27F3N4O2. The van der Waals surface area contributed by atoms with E-state index in [1.54, 1.807) is 13.1 Å². The first kappa shape index (κ1) is 22.2. The molecule has 2 N–H and O–H groups in total. The topological polar surface area (TPSA) is 62.4 Å². The first-order valence-corrected chi connectivity index (χ1v) is 8.97. The predicted molar refractivity (Wildman–Crippen MR) is 101 cm³/mol. The number of hydrogen-bond donors (Lipinski definition) is 2. The molecule has 2 rings (SSSR count). The lowest BCUT2D eigenvalue weighted by Crippen LogP contribution is -2.27. The van der Waals surface area contributed by atoms with E-state index in [9.17, 15) is 13.2 Å². The molecule has 1 aromatic carbocycles. The summed E-state index contributed by atoms with van der Waals surface area (Å²) in [5, 5.41) is 10.1. The summed E-state index contributed by atoms with van der Waals surface area (Å²) in [6.07, 6.45) is -2.77. The molecule has 0 aliphatic carbocycles. The second-order valence-corrected chi connectivity index (χ2v) is 6.59. The second-order valence-electron chi connectivity index (χ2n) is 6.59. The summed E-state index contributed by atoms with van der Waals surface area (Å²) in [5.41, 5.74) is 1.56. The van der Waals surface area contributed by atoms with Crippen LogP contribution in [0, 0.1) is 6.92 Å². The minimum absolute atomic E-state index is 0.165. The summed E-state index contributed by atoms with van der Waals surface area (Å²) < 4.78 is 50.8. The number of likely N-dealkylation sites (N-methyl/N-ethyl adjacent to an activating group) is 2. The van der Waals surface area contributed by atoms with E-state index in [1.807, 2.05) is 14.1 Å². The zero-order valence-corrected chi connectivity index (χ0v) is 16.6. The number of aromatic nitrogens is 2. The largest absolute Gasteiger partial charge is 0.491 e. The quantitative estimate of drug-likeness (QED) is 0.600. The number of ether oxygens (including phenoxy) is 2. The van der Waals surface area contributed by atoms with Crippen molar-refractivity contribution in [1.29, 1.82) is 0 Å². The molecule has 1 heterocycles. The molecule has 28 heavy (non-hydrogen) atoms. The molecule has 0 fully saturated rings. The highest BCUT2D eigenvalue weighted by molar-refractivity contribution is 5.70. The number of alkyl halides is 3. The lowest BCUT2D eigenvalue weighted by molar-refractivity contribution is -0.137. The molecule has 0 saturated carbocycles. The molecule has 1 aromatic heterocycles. The van der Waals surface area contributed by atoms with Crippen LogP contribution in [0.5, 0.6) is 5.75 Å². The van der Waals surface area contributed by atoms with Crippen LogP contribution in [0.3, 0.4) is 0 Å². The highest BCUT2D eigenvalue weighted by atomic mass is 19.4. The Hall–Kier alpha value is -2.10. The lowest BCUT2D eigenvalue weighted by atomic mass is 9.98. The average Bonchev–Trinajstić information content (AvgIpc) is 3.08. The van der Waals surface area contributed by atoms with Crippen molar-refractivity contribution in [2.45, 2.75) is 19.6 Å². The molecule has 0 unspecified atom stereocenters. The summed E-state index contributed by atoms with van der Waals surface area (Å²) in [6.45, 7) is 4.36. The molecule has 2 aromatic rings. The second kappa shape index (κ2) is 9.90. The molecule has 6 nitrogen and oxygen atoms in total. The zero-order valence-electron chi connectivity index (χ0n) is 16.6. The van der Waals surface area contributed by atoms with Crippen LogP contribution >= 0.6 is 0 Å². The monoisotopic (exact) mass is 400 g/mol. The fourth-order valence-electron chi connectivity index (χ4n) is 2.82. The number of hydrogen-bond acceptors (Lipinski definition) is 5. The van der Waals surface area contributed by atoms with Gasteiger partial charge in [0.2, 0.25) is 0 Å². The van der Waals surface area contributed by atoms with Crippen molar-refractivity contribution in [2.75, 3.05) is 47.5 Å². The van der Waals surface area contributed by atoms with Crippen LogP contribution in [0.2, 0.25) is 0 Å². The van der Waals surface area contributed by atoms with Crippen LogP contribution in [0.1, 0.15) is 16.7 Å². The van der Waals surface area contributed by atoms with Crippen LogP contribution in [0.15, 0.2) is 18.3 Å². The summed E-state index contributed by atoms with van der Waals surface area (Å²) in [4.78, 5) is 2.07. The molecule has 0 amide bonds. The third-order valence-corrected chi connectivity index (χ3v) is 4.39. The van der Waals surface area contributed by atoms with Gasteiger partial charge < -0.3 is 19.7 Å². The normalized spacial score (nSPS) is 12.0. The first-order valence-electron chi connectivity index (χ1n) is 8.97. The predicted octanol–water partition coefficient (Wildman–Crippen LogP) is 3.08. The Morgan fingerprint density at radius 3 is 2.64 bits per heavy atom.